The summed E-state index contributed by atoms with van der Waals surface area (Å²) in [5.41, 5.74) is 1.65. The number of aromatic nitrogens is 6. The second kappa shape index (κ2) is 16.0. The number of carbonyl (C=O) groups excluding carboxylic acids is 3. The molecule has 0 saturated heterocycles. The number of nitrogens with zero attached hydrogens (tertiary/aromatic N) is 6. The van der Waals surface area contributed by atoms with Crippen molar-refractivity contribution < 1.29 is 32.3 Å². The molecule has 1 saturated carbocycles. The van der Waals surface area contributed by atoms with Gasteiger partial charge in [0.1, 0.15) is 12.7 Å². The third kappa shape index (κ3) is 10.7. The standard InChI is InChI=1S/C36H35ClF3N11O4/c1-34(2,18-43-29(53)30(54)45-25-11-13-27(14-12-25)51-21-41-20-44-51)17-42-28(52)22-3-9-26(10-4-22)46-31-47-32(49-33(48-31)55-19-36(38,39)40)50-35(15-16-35)23-5-7-24(37)8-6-23/h3-14,20-21H,15-19H2,1-2H3,(H,42,52)(H,43,53)(H,45,54)(H2,46,47,48,49,50). The zero-order chi connectivity index (χ0) is 39.2. The average Bonchev–Trinajstić information content (AvgIpc) is 3.71. The summed E-state index contributed by atoms with van der Waals surface area (Å²) in [6.45, 7) is 2.28. The Labute approximate surface area is 317 Å². The topological polar surface area (TPSA) is 190 Å². The molecule has 6 rings (SSSR count). The van der Waals surface area contributed by atoms with Crippen LogP contribution in [0.3, 0.4) is 0 Å². The molecule has 19 heteroatoms. The molecule has 1 aliphatic rings. The number of ether oxygens (including phenoxy) is 1. The highest BCUT2D eigenvalue weighted by Gasteiger charge is 2.45. The van der Waals surface area contributed by atoms with Crippen LogP contribution in [0, 0.1) is 5.41 Å². The SMILES string of the molecule is CC(C)(CNC(=O)C(=O)Nc1ccc(-n2cncn2)cc1)CNC(=O)c1ccc(Nc2nc(NC3(c4ccc(Cl)cc4)CC3)nc(OCC(F)(F)F)n2)cc1. The maximum atomic E-state index is 13.0. The quantitative estimate of drug-likeness (QED) is 0.0908. The van der Waals surface area contributed by atoms with E-state index in [2.05, 4.69) is 51.6 Å². The molecule has 0 unspecified atom stereocenters. The normalized spacial score (nSPS) is 13.3. The number of halogens is 4. The van der Waals surface area contributed by atoms with Crippen LogP contribution in [0.4, 0.5) is 36.4 Å². The van der Waals surface area contributed by atoms with Crippen LogP contribution < -0.4 is 31.3 Å². The summed E-state index contributed by atoms with van der Waals surface area (Å²) in [7, 11) is 0. The Morgan fingerprint density at radius 3 is 2.13 bits per heavy atom. The molecule has 15 nitrogen and oxygen atoms in total. The summed E-state index contributed by atoms with van der Waals surface area (Å²) < 4.78 is 45.2. The fraction of sp³-hybridized carbons (Fsp3) is 0.278. The molecule has 5 aromatic rings. The van der Waals surface area contributed by atoms with Crippen LogP contribution in [0.1, 0.15) is 42.6 Å². The molecule has 0 aliphatic heterocycles. The van der Waals surface area contributed by atoms with Crippen molar-refractivity contribution in [2.75, 3.05) is 35.6 Å². The predicted octanol–water partition coefficient (Wildman–Crippen LogP) is 5.40. The van der Waals surface area contributed by atoms with Gasteiger partial charge in [-0.3, -0.25) is 14.4 Å². The van der Waals surface area contributed by atoms with E-state index in [1.54, 1.807) is 53.2 Å². The molecule has 3 aromatic carbocycles. The van der Waals surface area contributed by atoms with E-state index >= 15 is 0 Å². The second-order valence-electron chi connectivity index (χ2n) is 13.5. The summed E-state index contributed by atoms with van der Waals surface area (Å²) in [5, 5.41) is 18.7. The predicted molar refractivity (Wildman–Crippen MR) is 196 cm³/mol. The fourth-order valence-corrected chi connectivity index (χ4v) is 5.34. The molecule has 1 fully saturated rings. The lowest BCUT2D eigenvalue weighted by atomic mass is 9.93. The van der Waals surface area contributed by atoms with Gasteiger partial charge >= 0.3 is 24.0 Å². The van der Waals surface area contributed by atoms with Gasteiger partial charge in [0, 0.05) is 35.1 Å². The third-order valence-electron chi connectivity index (χ3n) is 8.35. The molecule has 0 bridgehead atoms. The number of carbonyl (C=O) groups is 3. The van der Waals surface area contributed by atoms with Crippen molar-refractivity contribution >= 4 is 52.6 Å². The van der Waals surface area contributed by atoms with Gasteiger partial charge in [-0.1, -0.05) is 37.6 Å². The maximum absolute atomic E-state index is 13.0. The molecule has 0 atom stereocenters. The van der Waals surface area contributed by atoms with Crippen LogP contribution >= 0.6 is 11.6 Å². The lowest BCUT2D eigenvalue weighted by Crippen LogP contribution is -2.44. The molecule has 286 valence electrons. The Morgan fingerprint density at radius 1 is 0.836 bits per heavy atom. The molecule has 55 heavy (non-hydrogen) atoms. The molecule has 2 aromatic heterocycles. The minimum absolute atomic E-state index is 0.00675. The van der Waals surface area contributed by atoms with Crippen molar-refractivity contribution in [3.63, 3.8) is 0 Å². The van der Waals surface area contributed by atoms with Gasteiger partial charge in [-0.05, 0) is 84.5 Å². The minimum Gasteiger partial charge on any atom is -0.454 e. The van der Waals surface area contributed by atoms with E-state index in [-0.39, 0.29) is 25.0 Å². The Kier molecular flexibility index (Phi) is 11.2. The molecule has 1 aliphatic carbocycles. The van der Waals surface area contributed by atoms with Gasteiger partial charge in [-0.15, -0.1) is 0 Å². The second-order valence-corrected chi connectivity index (χ2v) is 13.9. The van der Waals surface area contributed by atoms with Crippen LogP contribution in [0.5, 0.6) is 6.01 Å². The molecule has 0 radical (unpaired) electrons. The van der Waals surface area contributed by atoms with Crippen LogP contribution in [0.2, 0.25) is 5.02 Å². The van der Waals surface area contributed by atoms with Gasteiger partial charge in [0.15, 0.2) is 6.61 Å². The summed E-state index contributed by atoms with van der Waals surface area (Å²) in [6.07, 6.45) is -0.216. The van der Waals surface area contributed by atoms with Gasteiger partial charge in [0.25, 0.3) is 5.91 Å². The number of anilines is 4. The van der Waals surface area contributed by atoms with E-state index in [4.69, 9.17) is 16.3 Å². The first-order valence-electron chi connectivity index (χ1n) is 16.8. The summed E-state index contributed by atoms with van der Waals surface area (Å²) in [4.78, 5) is 54.3. The van der Waals surface area contributed by atoms with Crippen LogP contribution in [0.25, 0.3) is 5.69 Å². The largest absolute Gasteiger partial charge is 0.454 e. The molecule has 2 heterocycles. The zero-order valence-corrected chi connectivity index (χ0v) is 30.2. The number of rotatable bonds is 14. The number of nitrogens with one attached hydrogen (secondary N) is 5. The number of hydrogen-bond acceptors (Lipinski definition) is 11. The van der Waals surface area contributed by atoms with Crippen molar-refractivity contribution in [3.05, 3.63) is 102 Å². The highest BCUT2D eigenvalue weighted by atomic mass is 35.5. The highest BCUT2D eigenvalue weighted by Crippen LogP contribution is 2.48. The number of hydrogen-bond donors (Lipinski definition) is 5. The number of benzene rings is 3. The molecular weight excluding hydrogens is 743 g/mol. The van der Waals surface area contributed by atoms with Gasteiger partial charge in [-0.2, -0.15) is 33.2 Å². The van der Waals surface area contributed by atoms with Crippen LogP contribution in [-0.2, 0) is 15.1 Å². The minimum atomic E-state index is -4.61. The average molecular weight is 778 g/mol. The number of alkyl halides is 3. The smallest absolute Gasteiger partial charge is 0.422 e. The van der Waals surface area contributed by atoms with Gasteiger partial charge < -0.3 is 31.3 Å². The Hall–Kier alpha value is -6.30. The van der Waals surface area contributed by atoms with Crippen molar-refractivity contribution in [3.8, 4) is 11.7 Å². The summed E-state index contributed by atoms with van der Waals surface area (Å²) in [6, 6.07) is 19.6. The molecule has 5 N–H and O–H groups in total. The van der Waals surface area contributed by atoms with Gasteiger partial charge in [-0.25, -0.2) is 9.67 Å². The zero-order valence-electron chi connectivity index (χ0n) is 29.4. The first-order chi connectivity index (χ1) is 26.2. The van der Waals surface area contributed by atoms with Gasteiger partial charge in [0.05, 0.1) is 11.2 Å². The lowest BCUT2D eigenvalue weighted by Gasteiger charge is -2.25. The third-order valence-corrected chi connectivity index (χ3v) is 8.60. The van der Waals surface area contributed by atoms with E-state index in [0.29, 0.717) is 22.0 Å². The first kappa shape index (κ1) is 38.4. The van der Waals surface area contributed by atoms with E-state index in [9.17, 15) is 27.6 Å². The Bertz CT molecular complexity index is 2130. The number of amides is 3. The van der Waals surface area contributed by atoms with Crippen molar-refractivity contribution in [1.82, 2.24) is 40.3 Å². The summed E-state index contributed by atoms with van der Waals surface area (Å²) >= 11 is 6.04. The Balaban J connectivity index is 1.01. The van der Waals surface area contributed by atoms with Crippen molar-refractivity contribution in [1.29, 1.82) is 0 Å². The molecular formula is C36H35ClF3N11O4. The Morgan fingerprint density at radius 2 is 1.49 bits per heavy atom. The lowest BCUT2D eigenvalue weighted by molar-refractivity contribution is -0.154. The van der Waals surface area contributed by atoms with Gasteiger partial charge in [0.2, 0.25) is 11.9 Å². The van der Waals surface area contributed by atoms with Crippen LogP contribution in [0.15, 0.2) is 85.5 Å². The van der Waals surface area contributed by atoms with E-state index < -0.39 is 47.5 Å². The van der Waals surface area contributed by atoms with Crippen LogP contribution in [-0.4, -0.2) is 73.3 Å². The maximum Gasteiger partial charge on any atom is 0.422 e. The van der Waals surface area contributed by atoms with Crippen molar-refractivity contribution in [2.24, 2.45) is 5.41 Å². The van der Waals surface area contributed by atoms with E-state index in [1.165, 1.54) is 24.8 Å². The first-order valence-corrected chi connectivity index (χ1v) is 17.2. The van der Waals surface area contributed by atoms with Crippen molar-refractivity contribution in [2.45, 2.75) is 38.4 Å². The van der Waals surface area contributed by atoms with E-state index in [0.717, 1.165) is 24.1 Å². The summed E-state index contributed by atoms with van der Waals surface area (Å²) in [5.74, 6) is -2.16. The van der Waals surface area contributed by atoms with E-state index in [1.807, 2.05) is 26.0 Å². The fourth-order valence-electron chi connectivity index (χ4n) is 5.22. The molecule has 3 amide bonds. The monoisotopic (exact) mass is 777 g/mol. The molecule has 0 spiro atoms. The highest BCUT2D eigenvalue weighted by molar-refractivity contribution is 6.39.